The van der Waals surface area contributed by atoms with Crippen molar-refractivity contribution in [1.82, 2.24) is 0 Å². The summed E-state index contributed by atoms with van der Waals surface area (Å²) < 4.78 is 10.9. The molecule has 4 heteroatoms. The van der Waals surface area contributed by atoms with Crippen LogP contribution in [0.15, 0.2) is 61.2 Å². The van der Waals surface area contributed by atoms with E-state index in [0.29, 0.717) is 6.42 Å². The van der Waals surface area contributed by atoms with Crippen molar-refractivity contribution in [2.24, 2.45) is 5.92 Å². The highest BCUT2D eigenvalue weighted by Gasteiger charge is 2.12. The number of aliphatic hydroxyl groups excluding tert-OH is 1. The lowest BCUT2D eigenvalue weighted by atomic mass is 9.87. The monoisotopic (exact) mass is 420 g/mol. The van der Waals surface area contributed by atoms with Gasteiger partial charge in [-0.1, -0.05) is 56.0 Å². The summed E-state index contributed by atoms with van der Waals surface area (Å²) in [6.07, 6.45) is 8.48. The molecule has 1 atom stereocenters. The van der Waals surface area contributed by atoms with Crippen LogP contribution in [0, 0.1) is 5.92 Å². The minimum absolute atomic E-state index is 0.133. The quantitative estimate of drug-likeness (QED) is 0.309. The van der Waals surface area contributed by atoms with Crippen molar-refractivity contribution in [2.45, 2.75) is 39.0 Å². The van der Waals surface area contributed by atoms with E-state index in [2.05, 4.69) is 56.0 Å². The first-order chi connectivity index (χ1) is 15.1. The van der Waals surface area contributed by atoms with Crippen molar-refractivity contribution in [2.75, 3.05) is 19.8 Å². The van der Waals surface area contributed by atoms with Crippen molar-refractivity contribution in [1.29, 1.82) is 0 Å². The molecule has 1 aliphatic carbocycles. The first-order valence-corrected chi connectivity index (χ1v) is 11.1. The highest BCUT2D eigenvalue weighted by Crippen LogP contribution is 2.32. The topological polar surface area (TPSA) is 55.8 Å². The lowest BCUT2D eigenvalue weighted by Crippen LogP contribution is -2.11. The van der Waals surface area contributed by atoms with Gasteiger partial charge in [0.1, 0.15) is 19.0 Å². The fourth-order valence-electron chi connectivity index (χ4n) is 3.80. The molecule has 1 unspecified atom stereocenters. The zero-order valence-corrected chi connectivity index (χ0v) is 18.3. The zero-order valence-electron chi connectivity index (χ0n) is 18.3. The van der Waals surface area contributed by atoms with Gasteiger partial charge in [-0.05, 0) is 71.9 Å². The average molecular weight is 421 g/mol. The van der Waals surface area contributed by atoms with Gasteiger partial charge in [0.2, 0.25) is 0 Å². The Balaban J connectivity index is 1.74. The number of benzene rings is 2. The molecule has 31 heavy (non-hydrogen) atoms. The molecule has 0 heterocycles. The number of ether oxygens (including phenoxy) is 2. The molecule has 3 rings (SSSR count). The van der Waals surface area contributed by atoms with E-state index >= 15 is 0 Å². The summed E-state index contributed by atoms with van der Waals surface area (Å²) in [6, 6.07) is 14.9. The first-order valence-electron chi connectivity index (χ1n) is 11.1. The molecule has 0 bridgehead atoms. The predicted molar refractivity (Wildman–Crippen MR) is 125 cm³/mol. The minimum Gasteiger partial charge on any atom is -0.490 e. The minimum atomic E-state index is -0.458. The Morgan fingerprint density at radius 1 is 1.13 bits per heavy atom. The number of hydrogen-bond acceptors (Lipinski definition) is 4. The van der Waals surface area contributed by atoms with Gasteiger partial charge in [-0.2, -0.15) is 0 Å². The molecule has 0 aromatic heterocycles. The first kappa shape index (κ1) is 22.8. The number of carbonyl (C=O) groups excluding carboxylic acids is 1. The van der Waals surface area contributed by atoms with E-state index in [4.69, 9.17) is 9.47 Å². The average Bonchev–Trinajstić information content (AvgIpc) is 2.81. The SMILES string of the molecule is C=CC(=O)OCCOc1cc(-c2ccc(C3=CCC(C)CC3)cc2)ccc1CCCO. The van der Waals surface area contributed by atoms with Gasteiger partial charge in [0, 0.05) is 12.7 Å². The van der Waals surface area contributed by atoms with E-state index in [9.17, 15) is 9.90 Å². The maximum Gasteiger partial charge on any atom is 0.330 e. The van der Waals surface area contributed by atoms with Crippen LogP contribution >= 0.6 is 0 Å². The summed E-state index contributed by atoms with van der Waals surface area (Å²) in [5.41, 5.74) is 5.98. The molecule has 4 nitrogen and oxygen atoms in total. The van der Waals surface area contributed by atoms with Crippen molar-refractivity contribution < 1.29 is 19.4 Å². The van der Waals surface area contributed by atoms with E-state index in [1.54, 1.807) is 0 Å². The van der Waals surface area contributed by atoms with E-state index in [-0.39, 0.29) is 19.8 Å². The van der Waals surface area contributed by atoms with Crippen LogP contribution in [0.2, 0.25) is 0 Å². The lowest BCUT2D eigenvalue weighted by molar-refractivity contribution is -0.138. The molecule has 0 fully saturated rings. The van der Waals surface area contributed by atoms with Crippen LogP contribution in [0.25, 0.3) is 16.7 Å². The largest absolute Gasteiger partial charge is 0.490 e. The highest BCUT2D eigenvalue weighted by atomic mass is 16.6. The molecule has 0 aliphatic heterocycles. The summed E-state index contributed by atoms with van der Waals surface area (Å²) >= 11 is 0. The fourth-order valence-corrected chi connectivity index (χ4v) is 3.80. The van der Waals surface area contributed by atoms with Gasteiger partial charge < -0.3 is 14.6 Å². The summed E-state index contributed by atoms with van der Waals surface area (Å²) in [4.78, 5) is 11.2. The Labute approximate surface area is 185 Å². The summed E-state index contributed by atoms with van der Waals surface area (Å²) in [7, 11) is 0. The molecule has 1 N–H and O–H groups in total. The van der Waals surface area contributed by atoms with Crippen molar-refractivity contribution in [3.05, 3.63) is 72.3 Å². The standard InChI is InChI=1S/C27H32O4/c1-3-27(29)31-18-17-30-26-19-25(15-14-24(26)5-4-16-28)23-12-10-22(11-13-23)21-8-6-20(2)7-9-21/h3,8,10-15,19-20,28H,1,4-7,9,16-18H2,2H3. The van der Waals surface area contributed by atoms with E-state index in [1.807, 2.05) is 6.07 Å². The fraction of sp³-hybridized carbons (Fsp3) is 0.370. The Bertz CT molecular complexity index is 911. The van der Waals surface area contributed by atoms with Crippen LogP contribution < -0.4 is 4.74 Å². The maximum atomic E-state index is 11.2. The molecule has 0 saturated carbocycles. The molecular formula is C27H32O4. The number of aliphatic hydroxyl groups is 1. The maximum absolute atomic E-state index is 11.2. The molecule has 164 valence electrons. The van der Waals surface area contributed by atoms with E-state index in [0.717, 1.165) is 53.7 Å². The smallest absolute Gasteiger partial charge is 0.330 e. The van der Waals surface area contributed by atoms with Crippen molar-refractivity contribution in [3.8, 4) is 16.9 Å². The Morgan fingerprint density at radius 3 is 2.55 bits per heavy atom. The number of rotatable bonds is 10. The van der Waals surface area contributed by atoms with Crippen LogP contribution in [-0.4, -0.2) is 30.9 Å². The predicted octanol–water partition coefficient (Wildman–Crippen LogP) is 5.59. The van der Waals surface area contributed by atoms with Gasteiger partial charge in [0.05, 0.1) is 0 Å². The third kappa shape index (κ3) is 6.56. The second-order valence-corrected chi connectivity index (χ2v) is 8.06. The molecular weight excluding hydrogens is 388 g/mol. The second kappa shape index (κ2) is 11.5. The van der Waals surface area contributed by atoms with Gasteiger partial charge in [0.25, 0.3) is 0 Å². The number of carbonyl (C=O) groups is 1. The molecule has 1 aliphatic rings. The molecule has 0 spiro atoms. The second-order valence-electron chi connectivity index (χ2n) is 8.06. The number of allylic oxidation sites excluding steroid dienone is 2. The van der Waals surface area contributed by atoms with Gasteiger partial charge >= 0.3 is 5.97 Å². The van der Waals surface area contributed by atoms with Gasteiger partial charge in [-0.25, -0.2) is 4.79 Å². The van der Waals surface area contributed by atoms with Crippen LogP contribution in [0.5, 0.6) is 5.75 Å². The highest BCUT2D eigenvalue weighted by molar-refractivity contribution is 5.81. The zero-order chi connectivity index (χ0) is 22.1. The summed E-state index contributed by atoms with van der Waals surface area (Å²) in [5.74, 6) is 1.08. The third-order valence-corrected chi connectivity index (χ3v) is 5.69. The van der Waals surface area contributed by atoms with Gasteiger partial charge in [-0.3, -0.25) is 0 Å². The number of hydrogen-bond donors (Lipinski definition) is 1. The van der Waals surface area contributed by atoms with E-state index in [1.165, 1.54) is 17.6 Å². The van der Waals surface area contributed by atoms with Crippen LogP contribution in [0.1, 0.15) is 43.7 Å². The summed E-state index contributed by atoms with van der Waals surface area (Å²) in [5, 5.41) is 9.19. The Hall–Kier alpha value is -2.85. The molecule has 2 aromatic carbocycles. The van der Waals surface area contributed by atoms with Crippen molar-refractivity contribution in [3.63, 3.8) is 0 Å². The summed E-state index contributed by atoms with van der Waals surface area (Å²) in [6.45, 7) is 6.26. The molecule has 0 saturated heterocycles. The number of aryl methyl sites for hydroxylation is 1. The van der Waals surface area contributed by atoms with Crippen molar-refractivity contribution >= 4 is 11.5 Å². The lowest BCUT2D eigenvalue weighted by Gasteiger charge is -2.18. The van der Waals surface area contributed by atoms with E-state index < -0.39 is 5.97 Å². The Morgan fingerprint density at radius 2 is 1.87 bits per heavy atom. The third-order valence-electron chi connectivity index (χ3n) is 5.69. The number of esters is 1. The van der Waals surface area contributed by atoms with Crippen LogP contribution in [0.4, 0.5) is 0 Å². The Kier molecular flexibility index (Phi) is 8.48. The molecule has 2 aromatic rings. The molecule has 0 amide bonds. The normalized spacial score (nSPS) is 15.8. The molecule has 0 radical (unpaired) electrons. The van der Waals surface area contributed by atoms with Gasteiger partial charge in [0.15, 0.2) is 0 Å². The van der Waals surface area contributed by atoms with Crippen LogP contribution in [0.3, 0.4) is 0 Å². The van der Waals surface area contributed by atoms with Gasteiger partial charge in [-0.15, -0.1) is 0 Å². The van der Waals surface area contributed by atoms with Crippen LogP contribution in [-0.2, 0) is 16.0 Å².